The quantitative estimate of drug-likeness (QED) is 0.0718. The van der Waals surface area contributed by atoms with Crippen LogP contribution < -0.4 is 0 Å². The van der Waals surface area contributed by atoms with Gasteiger partial charge in [-0.1, -0.05) is 53.2 Å². The molecule has 8 aliphatic rings. The topological polar surface area (TPSA) is 315 Å². The van der Waals surface area contributed by atoms with Crippen LogP contribution in [0.1, 0.15) is 106 Å². The first-order valence-electron chi connectivity index (χ1n) is 24.5. The van der Waals surface area contributed by atoms with Crippen molar-refractivity contribution in [2.24, 2.45) is 50.2 Å². The van der Waals surface area contributed by atoms with Gasteiger partial charge < -0.3 is 89.7 Å². The summed E-state index contributed by atoms with van der Waals surface area (Å²) in [5.74, 6) is -0.640. The minimum Gasteiger partial charge on any atom is -0.432 e. The van der Waals surface area contributed by atoms with Crippen LogP contribution in [0.15, 0.2) is 11.6 Å². The number of carbonyl (C=O) groups is 1. The number of hydrogen-bond acceptors (Lipinski definition) is 19. The lowest BCUT2D eigenvalue weighted by atomic mass is 9.33. The zero-order valence-electron chi connectivity index (χ0n) is 39.7. The van der Waals surface area contributed by atoms with Crippen molar-refractivity contribution in [3.05, 3.63) is 11.6 Å². The summed E-state index contributed by atoms with van der Waals surface area (Å²) in [4.78, 5) is 14.7. The Labute approximate surface area is 392 Å². The van der Waals surface area contributed by atoms with Crippen molar-refractivity contribution in [1.29, 1.82) is 0 Å². The molecule has 24 atom stereocenters. The van der Waals surface area contributed by atoms with E-state index in [1.807, 2.05) is 6.92 Å². The van der Waals surface area contributed by atoms with Gasteiger partial charge in [-0.05, 0) is 104 Å². The van der Waals surface area contributed by atoms with Crippen molar-refractivity contribution >= 4 is 5.97 Å². The molecule has 0 radical (unpaired) electrons. The van der Waals surface area contributed by atoms with Gasteiger partial charge in [0.25, 0.3) is 0 Å². The van der Waals surface area contributed by atoms with Crippen LogP contribution in [0, 0.1) is 50.2 Å². The Bertz CT molecular complexity index is 1810. The van der Waals surface area contributed by atoms with Crippen molar-refractivity contribution < 1.29 is 94.5 Å². The van der Waals surface area contributed by atoms with Crippen molar-refractivity contribution in [3.63, 3.8) is 0 Å². The average molecular weight is 959 g/mol. The second kappa shape index (κ2) is 18.5. The van der Waals surface area contributed by atoms with Crippen molar-refractivity contribution in [1.82, 2.24) is 0 Å². The maximum atomic E-state index is 14.7. The van der Waals surface area contributed by atoms with Gasteiger partial charge in [-0.3, -0.25) is 4.79 Å². The molecule has 2 unspecified atom stereocenters. The fourth-order valence-electron chi connectivity index (χ4n) is 15.0. The first kappa shape index (κ1) is 51.9. The van der Waals surface area contributed by atoms with E-state index in [4.69, 9.17) is 28.4 Å². The van der Waals surface area contributed by atoms with Crippen LogP contribution in [-0.2, 0) is 33.2 Å². The van der Waals surface area contributed by atoms with Crippen LogP contribution >= 0.6 is 0 Å². The first-order chi connectivity index (χ1) is 31.4. The predicted molar refractivity (Wildman–Crippen MR) is 232 cm³/mol. The lowest BCUT2D eigenvalue weighted by Gasteiger charge is -2.71. The summed E-state index contributed by atoms with van der Waals surface area (Å²) in [7, 11) is 0. The number of allylic oxidation sites excluding steroid dienone is 2. The van der Waals surface area contributed by atoms with Crippen LogP contribution in [-0.4, -0.2) is 192 Å². The van der Waals surface area contributed by atoms with E-state index in [9.17, 15) is 66.1 Å². The van der Waals surface area contributed by atoms with Gasteiger partial charge in [-0.15, -0.1) is 0 Å². The van der Waals surface area contributed by atoms with Crippen LogP contribution in [0.25, 0.3) is 0 Å². The maximum absolute atomic E-state index is 14.7. The standard InChI is InChI=1S/C48H78O19/c1-43(2)13-15-48(42(61)67-40-37(60)34(57)31(54)25(19-50)63-40)16-14-46(5)22(23(48)17-43)7-8-28-44(3)11-10-29(45(4,21-52)27(44)9-12-47(28,46)6)65-41-38(35(58)32(55)26(20-51)64-41)66-39-36(59)33(56)30(53)24(18-49)62-39/h7,23-41,49-60H,8-21H2,1-6H3/t23-,24+,25+,26+,27?,28?,29-,30+,31+,32+,33-,34-,35-,36+,37+,38+,39-,40-,41-,44-,45-,46+,47+,48-/m0/s1. The molecular formula is C48H78O19. The van der Waals surface area contributed by atoms with Crippen LogP contribution in [0.4, 0.5) is 0 Å². The normalized spacial score (nSPS) is 54.1. The third-order valence-corrected chi connectivity index (χ3v) is 19.5. The first-order valence-corrected chi connectivity index (χ1v) is 24.5. The smallest absolute Gasteiger partial charge is 0.315 e. The van der Waals surface area contributed by atoms with E-state index in [0.29, 0.717) is 32.1 Å². The Morgan fingerprint density at radius 1 is 0.612 bits per heavy atom. The Morgan fingerprint density at radius 3 is 1.76 bits per heavy atom. The molecule has 0 amide bonds. The molecule has 4 saturated carbocycles. The molecule has 19 nitrogen and oxygen atoms in total. The molecule has 3 heterocycles. The second-order valence-electron chi connectivity index (χ2n) is 23.3. The number of ether oxygens (including phenoxy) is 6. The third-order valence-electron chi connectivity index (χ3n) is 19.5. The molecule has 0 bridgehead atoms. The van der Waals surface area contributed by atoms with Gasteiger partial charge >= 0.3 is 5.97 Å². The molecule has 67 heavy (non-hydrogen) atoms. The molecule has 0 aromatic rings. The summed E-state index contributed by atoms with van der Waals surface area (Å²) in [6.45, 7) is 11.2. The van der Waals surface area contributed by atoms with Gasteiger partial charge in [0.05, 0.1) is 37.9 Å². The van der Waals surface area contributed by atoms with Gasteiger partial charge in [0, 0.05) is 5.41 Å². The number of fused-ring (bicyclic) bond motifs is 7. The van der Waals surface area contributed by atoms with Gasteiger partial charge in [0.2, 0.25) is 6.29 Å². The fourth-order valence-corrected chi connectivity index (χ4v) is 15.0. The van der Waals surface area contributed by atoms with E-state index in [2.05, 4.69) is 40.7 Å². The molecule has 0 aromatic heterocycles. The minimum atomic E-state index is -1.82. The van der Waals surface area contributed by atoms with E-state index in [-0.39, 0.29) is 46.0 Å². The molecule has 3 aliphatic heterocycles. The lowest BCUT2D eigenvalue weighted by Crippen LogP contribution is -2.68. The van der Waals surface area contributed by atoms with E-state index >= 15 is 0 Å². The largest absolute Gasteiger partial charge is 0.432 e. The molecular weight excluding hydrogens is 881 g/mol. The minimum absolute atomic E-state index is 0.0808. The molecule has 7 fully saturated rings. The zero-order chi connectivity index (χ0) is 49.0. The number of aliphatic hydroxyl groups excluding tert-OH is 12. The van der Waals surface area contributed by atoms with Crippen LogP contribution in [0.3, 0.4) is 0 Å². The molecule has 19 heteroatoms. The summed E-state index contributed by atoms with van der Waals surface area (Å²) in [5, 5.41) is 127. The molecule has 12 N–H and O–H groups in total. The summed E-state index contributed by atoms with van der Waals surface area (Å²) < 4.78 is 36.0. The summed E-state index contributed by atoms with van der Waals surface area (Å²) >= 11 is 0. The van der Waals surface area contributed by atoms with E-state index in [1.54, 1.807) is 0 Å². The molecule has 384 valence electrons. The lowest BCUT2D eigenvalue weighted by molar-refractivity contribution is -0.379. The van der Waals surface area contributed by atoms with E-state index < -0.39 is 135 Å². The van der Waals surface area contributed by atoms with Gasteiger partial charge in [-0.25, -0.2) is 0 Å². The van der Waals surface area contributed by atoms with Crippen molar-refractivity contribution in [2.75, 3.05) is 26.4 Å². The Hall–Kier alpha value is -1.47. The highest BCUT2D eigenvalue weighted by Crippen LogP contribution is 2.76. The van der Waals surface area contributed by atoms with Gasteiger partial charge in [0.1, 0.15) is 73.2 Å². The van der Waals surface area contributed by atoms with E-state index in [0.717, 1.165) is 32.1 Å². The number of hydrogen-bond donors (Lipinski definition) is 12. The second-order valence-corrected chi connectivity index (χ2v) is 23.3. The van der Waals surface area contributed by atoms with Gasteiger partial charge in [-0.2, -0.15) is 0 Å². The SMILES string of the molecule is CC1(C)CC[C@]2(C(=O)O[C@@H]3O[C@H](CO)[C@@H](O)[C@H](O)[C@H]3O)CC[C@]3(C)C(=CCC4[C@@]5(C)CC[C@H](O[C@@H]6O[C@H](CO)[C@@H](O)[C@H](O)[C@H]6O[C@@H]6O[C@H](CO)[C@@H](O)[C@H](O)[C@H]6O)[C@@](C)(CO)C5CC[C@]43C)[C@@H]2C1. The number of carbonyl (C=O) groups excluding carboxylic acids is 1. The summed E-state index contributed by atoms with van der Waals surface area (Å²) in [5.41, 5.74) is -1.56. The molecule has 0 spiro atoms. The Kier molecular flexibility index (Phi) is 14.4. The highest BCUT2D eigenvalue weighted by molar-refractivity contribution is 5.79. The van der Waals surface area contributed by atoms with Gasteiger partial charge in [0.15, 0.2) is 12.6 Å². The van der Waals surface area contributed by atoms with Crippen LogP contribution in [0.5, 0.6) is 0 Å². The molecule has 3 saturated heterocycles. The highest BCUT2D eigenvalue weighted by Gasteiger charge is 2.70. The monoisotopic (exact) mass is 959 g/mol. The molecule has 8 rings (SSSR count). The number of aliphatic hydroxyl groups is 12. The third kappa shape index (κ3) is 8.10. The van der Waals surface area contributed by atoms with Crippen molar-refractivity contribution in [2.45, 2.75) is 204 Å². The Balaban J connectivity index is 1.06. The molecule has 0 aromatic carbocycles. The summed E-state index contributed by atoms with van der Waals surface area (Å²) in [6, 6.07) is 0. The summed E-state index contributed by atoms with van der Waals surface area (Å²) in [6.07, 6.45) is -15.4. The number of esters is 1. The van der Waals surface area contributed by atoms with E-state index in [1.165, 1.54) is 5.57 Å². The highest BCUT2D eigenvalue weighted by atomic mass is 16.8. The predicted octanol–water partition coefficient (Wildman–Crippen LogP) is -0.887. The zero-order valence-corrected chi connectivity index (χ0v) is 39.7. The van der Waals surface area contributed by atoms with Crippen LogP contribution in [0.2, 0.25) is 0 Å². The maximum Gasteiger partial charge on any atom is 0.315 e. The van der Waals surface area contributed by atoms with Crippen molar-refractivity contribution in [3.8, 4) is 0 Å². The average Bonchev–Trinajstić information content (AvgIpc) is 3.29. The molecule has 5 aliphatic carbocycles. The number of rotatable bonds is 10. The fraction of sp³-hybridized carbons (Fsp3) is 0.938. The Morgan fingerprint density at radius 2 is 1.16 bits per heavy atom.